The van der Waals surface area contributed by atoms with Crippen LogP contribution in [0, 0.1) is 17.5 Å². The van der Waals surface area contributed by atoms with E-state index in [2.05, 4.69) is 5.32 Å². The van der Waals surface area contributed by atoms with E-state index >= 15 is 0 Å². The molecule has 0 aliphatic rings. The van der Waals surface area contributed by atoms with E-state index in [1.807, 2.05) is 0 Å². The SMILES string of the molecule is CC(=O)N(CCC(=O)Nc1ccc(Cl)cc1)c1ccc(F)c(F)c1F. The van der Waals surface area contributed by atoms with E-state index < -0.39 is 35.0 Å². The lowest BCUT2D eigenvalue weighted by atomic mass is 10.2. The van der Waals surface area contributed by atoms with Gasteiger partial charge in [0.05, 0.1) is 5.69 Å². The van der Waals surface area contributed by atoms with Crippen LogP contribution in [0.3, 0.4) is 0 Å². The highest BCUT2D eigenvalue weighted by atomic mass is 35.5. The Morgan fingerprint density at radius 2 is 1.68 bits per heavy atom. The Balaban J connectivity index is 2.07. The van der Waals surface area contributed by atoms with Crippen LogP contribution in [-0.2, 0) is 9.59 Å². The summed E-state index contributed by atoms with van der Waals surface area (Å²) in [5, 5.41) is 3.10. The van der Waals surface area contributed by atoms with E-state index in [1.165, 1.54) is 0 Å². The van der Waals surface area contributed by atoms with Crippen molar-refractivity contribution >= 4 is 34.8 Å². The maximum atomic E-state index is 13.9. The molecule has 8 heteroatoms. The summed E-state index contributed by atoms with van der Waals surface area (Å²) >= 11 is 5.74. The number of anilines is 2. The lowest BCUT2D eigenvalue weighted by molar-refractivity contribution is -0.117. The predicted molar refractivity (Wildman–Crippen MR) is 89.0 cm³/mol. The Labute approximate surface area is 147 Å². The molecule has 0 saturated heterocycles. The molecule has 2 aromatic carbocycles. The molecule has 4 nitrogen and oxygen atoms in total. The monoisotopic (exact) mass is 370 g/mol. The van der Waals surface area contributed by atoms with Crippen LogP contribution in [0.25, 0.3) is 0 Å². The van der Waals surface area contributed by atoms with E-state index in [1.54, 1.807) is 24.3 Å². The highest BCUT2D eigenvalue weighted by Gasteiger charge is 2.21. The molecule has 0 bridgehead atoms. The molecule has 132 valence electrons. The van der Waals surface area contributed by atoms with Gasteiger partial charge in [0, 0.05) is 30.6 Å². The smallest absolute Gasteiger partial charge is 0.226 e. The van der Waals surface area contributed by atoms with E-state index in [-0.39, 0.29) is 13.0 Å². The molecule has 0 heterocycles. The van der Waals surface area contributed by atoms with Crippen molar-refractivity contribution in [2.75, 3.05) is 16.8 Å². The van der Waals surface area contributed by atoms with Crippen LogP contribution in [0.2, 0.25) is 5.02 Å². The average Bonchev–Trinajstić information content (AvgIpc) is 2.56. The minimum absolute atomic E-state index is 0.166. The van der Waals surface area contributed by atoms with Crippen LogP contribution in [0.15, 0.2) is 36.4 Å². The van der Waals surface area contributed by atoms with Crippen LogP contribution < -0.4 is 10.2 Å². The molecule has 0 saturated carbocycles. The van der Waals surface area contributed by atoms with E-state index in [9.17, 15) is 22.8 Å². The molecule has 25 heavy (non-hydrogen) atoms. The standard InChI is InChI=1S/C17H14ClF3N2O2/c1-10(24)23(14-7-6-13(19)16(20)17(14)21)9-8-15(25)22-12-4-2-11(18)3-5-12/h2-7H,8-9H2,1H3,(H,22,25). The first-order chi connectivity index (χ1) is 11.8. The molecule has 0 radical (unpaired) electrons. The Morgan fingerprint density at radius 3 is 2.28 bits per heavy atom. The number of rotatable bonds is 5. The number of amides is 2. The summed E-state index contributed by atoms with van der Waals surface area (Å²) in [5.74, 6) is -5.55. The number of nitrogens with zero attached hydrogens (tertiary/aromatic N) is 1. The van der Waals surface area contributed by atoms with Gasteiger partial charge in [0.2, 0.25) is 11.8 Å². The van der Waals surface area contributed by atoms with Crippen molar-refractivity contribution in [1.29, 1.82) is 0 Å². The Kier molecular flexibility index (Phi) is 6.03. The fourth-order valence-corrected chi connectivity index (χ4v) is 2.27. The fraction of sp³-hybridized carbons (Fsp3) is 0.176. The third-order valence-corrected chi connectivity index (χ3v) is 3.63. The molecular weight excluding hydrogens is 357 g/mol. The zero-order chi connectivity index (χ0) is 18.6. The summed E-state index contributed by atoms with van der Waals surface area (Å²) < 4.78 is 40.2. The highest BCUT2D eigenvalue weighted by molar-refractivity contribution is 6.30. The number of benzene rings is 2. The van der Waals surface area contributed by atoms with Crippen LogP contribution in [-0.4, -0.2) is 18.4 Å². The second-order valence-corrected chi connectivity index (χ2v) is 5.61. The van der Waals surface area contributed by atoms with Crippen molar-refractivity contribution < 1.29 is 22.8 Å². The number of halogens is 4. The first kappa shape index (κ1) is 18.8. The normalized spacial score (nSPS) is 10.4. The fourth-order valence-electron chi connectivity index (χ4n) is 2.14. The zero-order valence-electron chi connectivity index (χ0n) is 13.2. The van der Waals surface area contributed by atoms with Crippen LogP contribution in [0.5, 0.6) is 0 Å². The molecule has 2 aromatic rings. The highest BCUT2D eigenvalue weighted by Crippen LogP contribution is 2.24. The van der Waals surface area contributed by atoms with Crippen LogP contribution in [0.4, 0.5) is 24.5 Å². The van der Waals surface area contributed by atoms with Gasteiger partial charge in [0.25, 0.3) is 0 Å². The van der Waals surface area contributed by atoms with Gasteiger partial charge in [-0.2, -0.15) is 0 Å². The minimum atomic E-state index is -1.67. The molecule has 0 atom stereocenters. The Morgan fingerprint density at radius 1 is 1.04 bits per heavy atom. The van der Waals surface area contributed by atoms with E-state index in [0.29, 0.717) is 10.7 Å². The number of hydrogen-bond donors (Lipinski definition) is 1. The van der Waals surface area contributed by atoms with Crippen molar-refractivity contribution in [2.45, 2.75) is 13.3 Å². The maximum Gasteiger partial charge on any atom is 0.226 e. The zero-order valence-corrected chi connectivity index (χ0v) is 13.9. The maximum absolute atomic E-state index is 13.9. The molecule has 0 spiro atoms. The van der Waals surface area contributed by atoms with Gasteiger partial charge < -0.3 is 10.2 Å². The van der Waals surface area contributed by atoms with Crippen molar-refractivity contribution in [3.8, 4) is 0 Å². The number of carbonyl (C=O) groups is 2. The summed E-state index contributed by atoms with van der Waals surface area (Å²) in [6.45, 7) is 0.939. The second kappa shape index (κ2) is 8.02. The van der Waals surface area contributed by atoms with E-state index in [4.69, 9.17) is 11.6 Å². The molecular formula is C17H14ClF3N2O2. The molecule has 0 unspecified atom stereocenters. The summed E-state index contributed by atoms with van der Waals surface area (Å²) in [5.41, 5.74) is 0.0773. The second-order valence-electron chi connectivity index (χ2n) is 5.17. The Bertz CT molecular complexity index is 797. The van der Waals surface area contributed by atoms with Gasteiger partial charge in [-0.25, -0.2) is 13.2 Å². The first-order valence-corrected chi connectivity index (χ1v) is 7.64. The van der Waals surface area contributed by atoms with Gasteiger partial charge in [-0.1, -0.05) is 11.6 Å². The summed E-state index contributed by atoms with van der Waals surface area (Å²) in [4.78, 5) is 24.5. The lowest BCUT2D eigenvalue weighted by Crippen LogP contribution is -2.33. The van der Waals surface area contributed by atoms with Crippen molar-refractivity contribution in [3.05, 3.63) is 58.9 Å². The van der Waals surface area contributed by atoms with Crippen LogP contribution in [0.1, 0.15) is 13.3 Å². The third kappa shape index (κ3) is 4.73. The topological polar surface area (TPSA) is 49.4 Å². The van der Waals surface area contributed by atoms with Crippen LogP contribution >= 0.6 is 11.6 Å². The number of hydrogen-bond acceptors (Lipinski definition) is 2. The van der Waals surface area contributed by atoms with E-state index in [0.717, 1.165) is 24.0 Å². The van der Waals surface area contributed by atoms with Crippen molar-refractivity contribution in [2.24, 2.45) is 0 Å². The van der Waals surface area contributed by atoms with Crippen molar-refractivity contribution in [3.63, 3.8) is 0 Å². The van der Waals surface area contributed by atoms with Gasteiger partial charge in [0.1, 0.15) is 0 Å². The molecule has 2 rings (SSSR count). The van der Waals surface area contributed by atoms with Crippen molar-refractivity contribution in [1.82, 2.24) is 0 Å². The van der Waals surface area contributed by atoms with Gasteiger partial charge >= 0.3 is 0 Å². The molecule has 1 N–H and O–H groups in total. The predicted octanol–water partition coefficient (Wildman–Crippen LogP) is 4.14. The number of nitrogens with one attached hydrogen (secondary N) is 1. The summed E-state index contributed by atoms with van der Waals surface area (Å²) in [6, 6.07) is 8.05. The van der Waals surface area contributed by atoms with Gasteiger partial charge in [-0.15, -0.1) is 0 Å². The lowest BCUT2D eigenvalue weighted by Gasteiger charge is -2.21. The third-order valence-electron chi connectivity index (χ3n) is 3.38. The summed E-state index contributed by atoms with van der Waals surface area (Å²) in [6.07, 6.45) is -0.166. The summed E-state index contributed by atoms with van der Waals surface area (Å²) in [7, 11) is 0. The Hall–Kier alpha value is -2.54. The molecule has 0 aliphatic carbocycles. The average molecular weight is 371 g/mol. The number of carbonyl (C=O) groups excluding carboxylic acids is 2. The molecule has 2 amide bonds. The van der Waals surface area contributed by atoms with Gasteiger partial charge in [-0.3, -0.25) is 9.59 Å². The van der Waals surface area contributed by atoms with Gasteiger partial charge in [0.15, 0.2) is 17.5 Å². The van der Waals surface area contributed by atoms with Gasteiger partial charge in [-0.05, 0) is 36.4 Å². The largest absolute Gasteiger partial charge is 0.326 e. The first-order valence-electron chi connectivity index (χ1n) is 7.26. The molecule has 0 fully saturated rings. The minimum Gasteiger partial charge on any atom is -0.326 e. The molecule has 0 aromatic heterocycles. The molecule has 0 aliphatic heterocycles. The quantitative estimate of drug-likeness (QED) is 0.804.